The number of aryl methyl sites for hydroxylation is 1. The molecule has 1 unspecified atom stereocenters. The normalized spacial score (nSPS) is 12.1. The van der Waals surface area contributed by atoms with Gasteiger partial charge in [-0.1, -0.05) is 66.7 Å². The van der Waals surface area contributed by atoms with Crippen LogP contribution in [0.3, 0.4) is 0 Å². The lowest BCUT2D eigenvalue weighted by atomic mass is 10.0. The molecule has 0 aliphatic rings. The highest BCUT2D eigenvalue weighted by Gasteiger charge is 2.15. The van der Waals surface area contributed by atoms with Gasteiger partial charge in [0.2, 0.25) is 0 Å². The smallest absolute Gasteiger partial charge is 0.153 e. The molecule has 0 fully saturated rings. The van der Waals surface area contributed by atoms with Gasteiger partial charge < -0.3 is 5.73 Å². The number of hydrogen-bond acceptors (Lipinski definition) is 3. The summed E-state index contributed by atoms with van der Waals surface area (Å²) in [5.74, 6) is 0.819. The van der Waals surface area contributed by atoms with Crippen molar-refractivity contribution < 1.29 is 0 Å². The van der Waals surface area contributed by atoms with Gasteiger partial charge in [-0.25, -0.2) is 9.67 Å². The lowest BCUT2D eigenvalue weighted by molar-refractivity contribution is 0.717. The number of hydrogen-bond donors (Lipinski definition) is 1. The van der Waals surface area contributed by atoms with Crippen LogP contribution in [0, 0.1) is 13.8 Å². The largest absolute Gasteiger partial charge is 0.324 e. The lowest BCUT2D eigenvalue weighted by Crippen LogP contribution is -2.13. The molecule has 4 rings (SSSR count). The summed E-state index contributed by atoms with van der Waals surface area (Å²) in [7, 11) is 0. The number of pyridine rings is 1. The molecule has 0 saturated heterocycles. The lowest BCUT2D eigenvalue weighted by Gasteiger charge is -2.12. The molecule has 2 aromatic carbocycles. The second-order valence-electron chi connectivity index (χ2n) is 7.07. The van der Waals surface area contributed by atoms with E-state index in [4.69, 9.17) is 10.8 Å². The molecule has 2 aromatic heterocycles. The Morgan fingerprint density at radius 2 is 1.57 bits per heavy atom. The van der Waals surface area contributed by atoms with E-state index in [0.29, 0.717) is 0 Å². The quantitative estimate of drug-likeness (QED) is 0.551. The van der Waals surface area contributed by atoms with Gasteiger partial charge in [-0.3, -0.25) is 0 Å². The first-order chi connectivity index (χ1) is 13.6. The third kappa shape index (κ3) is 3.59. The van der Waals surface area contributed by atoms with Gasteiger partial charge in [-0.2, -0.15) is 5.10 Å². The Kier molecular flexibility index (Phi) is 5.04. The highest BCUT2D eigenvalue weighted by molar-refractivity contribution is 5.69. The van der Waals surface area contributed by atoms with Gasteiger partial charge in [-0.05, 0) is 43.0 Å². The number of aromatic nitrogens is 3. The van der Waals surface area contributed by atoms with Crippen molar-refractivity contribution in [2.45, 2.75) is 26.3 Å². The first-order valence-electron chi connectivity index (χ1n) is 9.51. The molecule has 0 aliphatic heterocycles. The first-order valence-corrected chi connectivity index (χ1v) is 9.51. The monoisotopic (exact) mass is 368 g/mol. The summed E-state index contributed by atoms with van der Waals surface area (Å²) in [5, 5.41) is 4.72. The summed E-state index contributed by atoms with van der Waals surface area (Å²) in [6.07, 6.45) is 2.65. The van der Waals surface area contributed by atoms with Crippen LogP contribution >= 0.6 is 0 Å². The van der Waals surface area contributed by atoms with Crippen LogP contribution in [0.4, 0.5) is 0 Å². The fourth-order valence-electron chi connectivity index (χ4n) is 3.62. The van der Waals surface area contributed by atoms with Crippen molar-refractivity contribution in [2.24, 2.45) is 5.73 Å². The fourth-order valence-corrected chi connectivity index (χ4v) is 3.62. The van der Waals surface area contributed by atoms with Crippen LogP contribution in [-0.4, -0.2) is 14.8 Å². The molecule has 1 atom stereocenters. The third-order valence-electron chi connectivity index (χ3n) is 5.06. The predicted molar refractivity (Wildman–Crippen MR) is 113 cm³/mol. The molecule has 0 amide bonds. The maximum Gasteiger partial charge on any atom is 0.153 e. The molecular weight excluding hydrogens is 344 g/mol. The number of benzene rings is 2. The SMILES string of the molecule is Cc1nn(-c2ccc(CC(N)c3ccccc3)cn2)c(C)c1-c1ccccc1. The van der Waals surface area contributed by atoms with E-state index in [9.17, 15) is 0 Å². The van der Waals surface area contributed by atoms with E-state index in [1.807, 2.05) is 48.1 Å². The Morgan fingerprint density at radius 3 is 2.21 bits per heavy atom. The summed E-state index contributed by atoms with van der Waals surface area (Å²) in [6.45, 7) is 4.13. The van der Waals surface area contributed by atoms with E-state index in [-0.39, 0.29) is 6.04 Å². The van der Waals surface area contributed by atoms with E-state index in [2.05, 4.69) is 54.4 Å². The number of rotatable bonds is 5. The van der Waals surface area contributed by atoms with Crippen LogP contribution < -0.4 is 5.73 Å². The minimum absolute atomic E-state index is 0.0350. The molecule has 4 aromatic rings. The summed E-state index contributed by atoms with van der Waals surface area (Å²) in [6, 6.07) is 24.6. The van der Waals surface area contributed by atoms with Crippen molar-refractivity contribution in [3.05, 3.63) is 102 Å². The highest BCUT2D eigenvalue weighted by atomic mass is 15.3. The summed E-state index contributed by atoms with van der Waals surface area (Å²) in [4.78, 5) is 4.65. The van der Waals surface area contributed by atoms with Gasteiger partial charge >= 0.3 is 0 Å². The van der Waals surface area contributed by atoms with Crippen LogP contribution in [0.1, 0.15) is 28.6 Å². The molecular formula is C24H24N4. The van der Waals surface area contributed by atoms with E-state index in [1.54, 1.807) is 0 Å². The molecule has 2 heterocycles. The van der Waals surface area contributed by atoms with Gasteiger partial charge in [0.05, 0.1) is 11.4 Å². The minimum Gasteiger partial charge on any atom is -0.324 e. The van der Waals surface area contributed by atoms with Crippen molar-refractivity contribution in [1.82, 2.24) is 14.8 Å². The average molecular weight is 368 g/mol. The van der Waals surface area contributed by atoms with Crippen molar-refractivity contribution in [3.63, 3.8) is 0 Å². The maximum atomic E-state index is 6.34. The Hall–Kier alpha value is -3.24. The molecule has 0 saturated carbocycles. The van der Waals surface area contributed by atoms with Crippen LogP contribution in [0.2, 0.25) is 0 Å². The highest BCUT2D eigenvalue weighted by Crippen LogP contribution is 2.28. The van der Waals surface area contributed by atoms with Crippen LogP contribution in [0.5, 0.6) is 0 Å². The fraction of sp³-hybridized carbons (Fsp3) is 0.167. The molecule has 0 spiro atoms. The first kappa shape index (κ1) is 18.1. The second kappa shape index (κ2) is 7.79. The van der Waals surface area contributed by atoms with E-state index in [1.165, 1.54) is 5.56 Å². The van der Waals surface area contributed by atoms with Gasteiger partial charge in [0, 0.05) is 17.8 Å². The summed E-state index contributed by atoms with van der Waals surface area (Å²) >= 11 is 0. The number of nitrogens with zero attached hydrogens (tertiary/aromatic N) is 3. The van der Waals surface area contributed by atoms with E-state index in [0.717, 1.165) is 40.3 Å². The van der Waals surface area contributed by atoms with Gasteiger partial charge in [0.1, 0.15) is 0 Å². The Bertz CT molecular complexity index is 1050. The van der Waals surface area contributed by atoms with E-state index >= 15 is 0 Å². The Morgan fingerprint density at radius 1 is 0.893 bits per heavy atom. The van der Waals surface area contributed by atoms with Crippen LogP contribution in [-0.2, 0) is 6.42 Å². The Labute approximate surface area is 165 Å². The second-order valence-corrected chi connectivity index (χ2v) is 7.07. The standard InChI is InChI=1S/C24H24N4/c1-17-24(21-11-7-4-8-12-21)18(2)28(27-17)23-14-13-19(16-26-23)15-22(25)20-9-5-3-6-10-20/h3-14,16,22H,15,25H2,1-2H3. The molecule has 0 radical (unpaired) electrons. The zero-order valence-corrected chi connectivity index (χ0v) is 16.2. The zero-order valence-electron chi connectivity index (χ0n) is 16.2. The van der Waals surface area contributed by atoms with Crippen molar-refractivity contribution in [3.8, 4) is 16.9 Å². The van der Waals surface area contributed by atoms with Crippen molar-refractivity contribution in [2.75, 3.05) is 0 Å². The molecule has 0 aliphatic carbocycles. The van der Waals surface area contributed by atoms with E-state index < -0.39 is 0 Å². The number of nitrogens with two attached hydrogens (primary N) is 1. The summed E-state index contributed by atoms with van der Waals surface area (Å²) in [5.41, 5.74) is 13.0. The predicted octanol–water partition coefficient (Wildman–Crippen LogP) is 4.79. The third-order valence-corrected chi connectivity index (χ3v) is 5.06. The minimum atomic E-state index is -0.0350. The molecule has 4 nitrogen and oxygen atoms in total. The van der Waals surface area contributed by atoms with Gasteiger partial charge in [0.15, 0.2) is 5.82 Å². The zero-order chi connectivity index (χ0) is 19.5. The van der Waals surface area contributed by atoms with Gasteiger partial charge in [0.25, 0.3) is 0 Å². The average Bonchev–Trinajstić information content (AvgIpc) is 3.04. The molecule has 2 N–H and O–H groups in total. The van der Waals surface area contributed by atoms with Gasteiger partial charge in [-0.15, -0.1) is 0 Å². The maximum absolute atomic E-state index is 6.34. The van der Waals surface area contributed by atoms with Crippen molar-refractivity contribution in [1.29, 1.82) is 0 Å². The summed E-state index contributed by atoms with van der Waals surface area (Å²) < 4.78 is 1.92. The van der Waals surface area contributed by atoms with Crippen LogP contribution in [0.15, 0.2) is 79.0 Å². The van der Waals surface area contributed by atoms with Crippen LogP contribution in [0.25, 0.3) is 16.9 Å². The Balaban J connectivity index is 1.58. The topological polar surface area (TPSA) is 56.7 Å². The van der Waals surface area contributed by atoms with Crippen molar-refractivity contribution >= 4 is 0 Å². The molecule has 4 heteroatoms. The molecule has 140 valence electrons. The molecule has 0 bridgehead atoms. The molecule has 28 heavy (non-hydrogen) atoms.